The number of aromatic nitrogens is 1. The number of nitrogens with zero attached hydrogens (tertiary/aromatic N) is 1. The van der Waals surface area contributed by atoms with Crippen molar-refractivity contribution in [1.82, 2.24) is 9.88 Å². The lowest BCUT2D eigenvalue weighted by Gasteiger charge is -2.11. The molecular formula is C17H19BrN2O2. The van der Waals surface area contributed by atoms with Gasteiger partial charge in [-0.25, -0.2) is 0 Å². The fraction of sp³-hybridized carbons (Fsp3) is 0.235. The molecule has 2 aromatic rings. The van der Waals surface area contributed by atoms with Crippen molar-refractivity contribution in [2.45, 2.75) is 13.8 Å². The highest BCUT2D eigenvalue weighted by Crippen LogP contribution is 2.23. The number of carbonyl (C=O) groups is 1. The van der Waals surface area contributed by atoms with E-state index in [1.807, 2.05) is 48.7 Å². The number of aryl methyl sites for hydroxylation is 1. The molecule has 0 atom stereocenters. The Kier molecular flexibility index (Phi) is 5.08. The van der Waals surface area contributed by atoms with Gasteiger partial charge in [-0.1, -0.05) is 28.6 Å². The Morgan fingerprint density at radius 2 is 2.09 bits per heavy atom. The molecule has 22 heavy (non-hydrogen) atoms. The Labute approximate surface area is 138 Å². The van der Waals surface area contributed by atoms with Crippen molar-refractivity contribution in [1.29, 1.82) is 0 Å². The van der Waals surface area contributed by atoms with Crippen LogP contribution in [0.1, 0.15) is 21.7 Å². The summed E-state index contributed by atoms with van der Waals surface area (Å²) < 4.78 is 8.05. The number of rotatable bonds is 5. The Hall–Kier alpha value is -2.01. The van der Waals surface area contributed by atoms with Crippen LogP contribution in [0.4, 0.5) is 0 Å². The van der Waals surface area contributed by atoms with Crippen LogP contribution in [0.3, 0.4) is 0 Å². The van der Waals surface area contributed by atoms with Crippen molar-refractivity contribution in [3.8, 4) is 11.4 Å². The third kappa shape index (κ3) is 3.42. The maximum Gasteiger partial charge on any atom is 0.253 e. The van der Waals surface area contributed by atoms with Crippen molar-refractivity contribution in [3.05, 3.63) is 58.3 Å². The molecule has 1 N–H and O–H groups in total. The zero-order valence-electron chi connectivity index (χ0n) is 12.9. The molecule has 1 amide bonds. The quantitative estimate of drug-likeness (QED) is 0.880. The highest BCUT2D eigenvalue weighted by molar-refractivity contribution is 9.11. The van der Waals surface area contributed by atoms with Gasteiger partial charge in [0.2, 0.25) is 0 Å². The highest BCUT2D eigenvalue weighted by atomic mass is 79.9. The molecule has 0 radical (unpaired) electrons. The van der Waals surface area contributed by atoms with Crippen LogP contribution in [0.15, 0.2) is 41.4 Å². The van der Waals surface area contributed by atoms with Crippen LogP contribution in [-0.4, -0.2) is 24.1 Å². The first-order valence-electron chi connectivity index (χ1n) is 6.89. The van der Waals surface area contributed by atoms with Crippen molar-refractivity contribution < 1.29 is 9.53 Å². The summed E-state index contributed by atoms with van der Waals surface area (Å²) in [5.74, 6) is 0.675. The van der Waals surface area contributed by atoms with Gasteiger partial charge in [-0.3, -0.25) is 4.79 Å². The molecule has 0 spiro atoms. The molecule has 1 aromatic carbocycles. The van der Waals surface area contributed by atoms with E-state index in [0.717, 1.165) is 27.3 Å². The summed E-state index contributed by atoms with van der Waals surface area (Å²) in [6.45, 7) is 8.03. The number of carbonyl (C=O) groups excluding carboxylic acids is 1. The van der Waals surface area contributed by atoms with E-state index < -0.39 is 0 Å². The number of methoxy groups -OCH3 is 1. The minimum atomic E-state index is -0.108. The lowest BCUT2D eigenvalue weighted by Crippen LogP contribution is -2.24. The van der Waals surface area contributed by atoms with E-state index in [4.69, 9.17) is 4.74 Å². The van der Waals surface area contributed by atoms with E-state index in [0.29, 0.717) is 12.1 Å². The normalized spacial score (nSPS) is 10.4. The van der Waals surface area contributed by atoms with Gasteiger partial charge in [-0.15, -0.1) is 0 Å². The van der Waals surface area contributed by atoms with Crippen molar-refractivity contribution in [2.75, 3.05) is 13.7 Å². The number of hydrogen-bond donors (Lipinski definition) is 1. The van der Waals surface area contributed by atoms with Crippen LogP contribution in [0.5, 0.6) is 5.75 Å². The molecule has 0 aliphatic carbocycles. The largest absolute Gasteiger partial charge is 0.497 e. The summed E-state index contributed by atoms with van der Waals surface area (Å²) in [5.41, 5.74) is 3.52. The summed E-state index contributed by atoms with van der Waals surface area (Å²) in [4.78, 5) is 12.3. The van der Waals surface area contributed by atoms with E-state index in [2.05, 4.69) is 27.8 Å². The fourth-order valence-corrected chi connectivity index (χ4v) is 2.55. The SMILES string of the molecule is C=C(Br)CNC(=O)c1cc(C)n(-c2cccc(OC)c2)c1C. The van der Waals surface area contributed by atoms with Crippen molar-refractivity contribution in [2.24, 2.45) is 0 Å². The monoisotopic (exact) mass is 362 g/mol. The van der Waals surface area contributed by atoms with Crippen LogP contribution in [0, 0.1) is 13.8 Å². The Bertz CT molecular complexity index is 719. The molecule has 0 saturated carbocycles. The second-order valence-corrected chi connectivity index (χ2v) is 6.14. The van der Waals surface area contributed by atoms with E-state index >= 15 is 0 Å². The molecule has 0 bridgehead atoms. The average Bonchev–Trinajstić information content (AvgIpc) is 2.79. The van der Waals surface area contributed by atoms with E-state index in [1.54, 1.807) is 7.11 Å². The lowest BCUT2D eigenvalue weighted by atomic mass is 10.2. The fourth-order valence-electron chi connectivity index (χ4n) is 2.41. The Morgan fingerprint density at radius 1 is 1.36 bits per heavy atom. The predicted molar refractivity (Wildman–Crippen MR) is 92.2 cm³/mol. The zero-order valence-corrected chi connectivity index (χ0v) is 14.5. The average molecular weight is 363 g/mol. The molecule has 4 nitrogen and oxygen atoms in total. The molecule has 116 valence electrons. The van der Waals surface area contributed by atoms with Gasteiger partial charge in [-0.05, 0) is 32.0 Å². The molecule has 2 rings (SSSR count). The lowest BCUT2D eigenvalue weighted by molar-refractivity contribution is 0.0957. The van der Waals surface area contributed by atoms with Crippen LogP contribution < -0.4 is 10.1 Å². The summed E-state index contributed by atoms with van der Waals surface area (Å²) in [7, 11) is 1.64. The molecular weight excluding hydrogens is 344 g/mol. The minimum Gasteiger partial charge on any atom is -0.497 e. The molecule has 0 saturated heterocycles. The first-order valence-corrected chi connectivity index (χ1v) is 7.68. The maximum absolute atomic E-state index is 12.3. The van der Waals surface area contributed by atoms with Gasteiger partial charge in [0.25, 0.3) is 5.91 Å². The number of benzene rings is 1. The predicted octanol–water partition coefficient (Wildman–Crippen LogP) is 3.74. The molecule has 1 heterocycles. The van der Waals surface area contributed by atoms with Crippen LogP contribution >= 0.6 is 15.9 Å². The van der Waals surface area contributed by atoms with Gasteiger partial charge in [0.15, 0.2) is 0 Å². The topological polar surface area (TPSA) is 43.3 Å². The summed E-state index contributed by atoms with van der Waals surface area (Å²) >= 11 is 3.24. The number of ether oxygens (including phenoxy) is 1. The highest BCUT2D eigenvalue weighted by Gasteiger charge is 2.16. The van der Waals surface area contributed by atoms with E-state index in [-0.39, 0.29) is 5.91 Å². The van der Waals surface area contributed by atoms with Crippen LogP contribution in [0.25, 0.3) is 5.69 Å². The molecule has 0 unspecified atom stereocenters. The first kappa shape index (κ1) is 16.4. The second kappa shape index (κ2) is 6.83. The number of amides is 1. The molecule has 5 heteroatoms. The van der Waals surface area contributed by atoms with Crippen molar-refractivity contribution >= 4 is 21.8 Å². The Balaban J connectivity index is 2.38. The van der Waals surface area contributed by atoms with E-state index in [9.17, 15) is 4.79 Å². The summed E-state index contributed by atoms with van der Waals surface area (Å²) in [5, 5.41) is 2.83. The van der Waals surface area contributed by atoms with Gasteiger partial charge < -0.3 is 14.6 Å². The minimum absolute atomic E-state index is 0.108. The molecule has 0 aliphatic rings. The molecule has 0 aliphatic heterocycles. The smallest absolute Gasteiger partial charge is 0.253 e. The van der Waals surface area contributed by atoms with Crippen LogP contribution in [-0.2, 0) is 0 Å². The molecule has 1 aromatic heterocycles. The van der Waals surface area contributed by atoms with E-state index in [1.165, 1.54) is 0 Å². The van der Waals surface area contributed by atoms with Gasteiger partial charge in [0.1, 0.15) is 5.75 Å². The number of halogens is 1. The summed E-state index contributed by atoms with van der Waals surface area (Å²) in [6.07, 6.45) is 0. The van der Waals surface area contributed by atoms with Gasteiger partial charge in [0.05, 0.1) is 12.7 Å². The second-order valence-electron chi connectivity index (χ2n) is 5.02. The third-order valence-corrected chi connectivity index (χ3v) is 3.71. The third-order valence-electron chi connectivity index (χ3n) is 3.43. The summed E-state index contributed by atoms with van der Waals surface area (Å²) in [6, 6.07) is 9.65. The maximum atomic E-state index is 12.3. The van der Waals surface area contributed by atoms with Gasteiger partial charge in [0, 0.05) is 34.2 Å². The van der Waals surface area contributed by atoms with Crippen molar-refractivity contribution in [3.63, 3.8) is 0 Å². The number of nitrogens with one attached hydrogen (secondary N) is 1. The van der Waals surface area contributed by atoms with Gasteiger partial charge in [-0.2, -0.15) is 0 Å². The molecule has 0 fully saturated rings. The van der Waals surface area contributed by atoms with Gasteiger partial charge >= 0.3 is 0 Å². The Morgan fingerprint density at radius 3 is 2.73 bits per heavy atom. The number of hydrogen-bond acceptors (Lipinski definition) is 2. The first-order chi connectivity index (χ1) is 10.4. The standard InChI is InChI=1S/C17H19BrN2O2/c1-11(18)10-19-17(21)16-8-12(2)20(13(16)3)14-6-5-7-15(9-14)22-4/h5-9H,1,10H2,2-4H3,(H,19,21). The zero-order chi connectivity index (χ0) is 16.3. The van der Waals surface area contributed by atoms with Crippen LogP contribution in [0.2, 0.25) is 0 Å².